The molecule has 3 heterocycles. The van der Waals surface area contributed by atoms with Crippen LogP contribution in [0.3, 0.4) is 0 Å². The summed E-state index contributed by atoms with van der Waals surface area (Å²) in [7, 11) is 0. The Kier molecular flexibility index (Phi) is 3.09. The Hall–Kier alpha value is -2.44. The topological polar surface area (TPSA) is 91.4 Å². The highest BCUT2D eigenvalue weighted by Gasteiger charge is 2.32. The molecule has 3 rings (SSSR count). The van der Waals surface area contributed by atoms with Gasteiger partial charge in [-0.3, -0.25) is 19.8 Å². The van der Waals surface area contributed by atoms with Gasteiger partial charge in [0.25, 0.3) is 0 Å². The molecule has 2 aliphatic heterocycles. The highest BCUT2D eigenvalue weighted by Crippen LogP contribution is 2.24. The van der Waals surface area contributed by atoms with Gasteiger partial charge in [0.15, 0.2) is 0 Å². The number of rotatable bonds is 1. The van der Waals surface area contributed by atoms with Gasteiger partial charge < -0.3 is 5.32 Å². The van der Waals surface area contributed by atoms with Crippen LogP contribution >= 0.6 is 0 Å². The van der Waals surface area contributed by atoms with Crippen molar-refractivity contribution in [2.24, 2.45) is 0 Å². The van der Waals surface area contributed by atoms with Crippen LogP contribution in [0.2, 0.25) is 0 Å². The number of imide groups is 1. The Morgan fingerprint density at radius 3 is 3.05 bits per heavy atom. The molecule has 2 aliphatic rings. The van der Waals surface area contributed by atoms with Gasteiger partial charge in [-0.25, -0.2) is 9.78 Å². The number of aromatic nitrogens is 1. The second-order valence-corrected chi connectivity index (χ2v) is 4.84. The van der Waals surface area contributed by atoms with Crippen molar-refractivity contribution in [1.29, 1.82) is 0 Å². The summed E-state index contributed by atoms with van der Waals surface area (Å²) in [5, 5.41) is 4.87. The summed E-state index contributed by atoms with van der Waals surface area (Å²) in [4.78, 5) is 40.6. The van der Waals surface area contributed by atoms with Crippen LogP contribution in [-0.2, 0) is 16.0 Å². The molecule has 1 fully saturated rings. The van der Waals surface area contributed by atoms with Gasteiger partial charge in [0, 0.05) is 19.2 Å². The van der Waals surface area contributed by atoms with Gasteiger partial charge in [0.05, 0.1) is 0 Å². The van der Waals surface area contributed by atoms with Crippen molar-refractivity contribution in [1.82, 2.24) is 15.6 Å². The van der Waals surface area contributed by atoms with E-state index in [1.807, 2.05) is 12.1 Å². The van der Waals surface area contributed by atoms with E-state index in [2.05, 4.69) is 15.6 Å². The van der Waals surface area contributed by atoms with Crippen LogP contribution in [0.1, 0.15) is 18.4 Å². The molecule has 1 unspecified atom stereocenters. The SMILES string of the molecule is O=C1CCC(NC(=O)N2CCc3cccnc32)C(=O)N1. The fraction of sp³-hybridized carbons (Fsp3) is 0.385. The number of fused-ring (bicyclic) bond motifs is 1. The first kappa shape index (κ1) is 12.6. The second-order valence-electron chi connectivity index (χ2n) is 4.84. The summed E-state index contributed by atoms with van der Waals surface area (Å²) in [5.41, 5.74) is 1.02. The van der Waals surface area contributed by atoms with E-state index in [9.17, 15) is 14.4 Å². The summed E-state index contributed by atoms with van der Waals surface area (Å²) in [6.45, 7) is 0.547. The number of carbonyl (C=O) groups is 3. The fourth-order valence-electron chi connectivity index (χ4n) is 2.46. The molecule has 1 saturated heterocycles. The van der Waals surface area contributed by atoms with Crippen LogP contribution in [0.15, 0.2) is 18.3 Å². The van der Waals surface area contributed by atoms with Gasteiger partial charge >= 0.3 is 6.03 Å². The van der Waals surface area contributed by atoms with E-state index in [0.29, 0.717) is 18.8 Å². The first-order chi connectivity index (χ1) is 9.65. The molecule has 4 amide bonds. The highest BCUT2D eigenvalue weighted by molar-refractivity contribution is 6.03. The minimum Gasteiger partial charge on any atom is -0.326 e. The van der Waals surface area contributed by atoms with Crippen molar-refractivity contribution in [3.8, 4) is 0 Å². The number of hydrogen-bond donors (Lipinski definition) is 2. The van der Waals surface area contributed by atoms with Gasteiger partial charge in [0.2, 0.25) is 11.8 Å². The molecule has 2 N–H and O–H groups in total. The number of nitrogens with one attached hydrogen (secondary N) is 2. The monoisotopic (exact) mass is 274 g/mol. The van der Waals surface area contributed by atoms with E-state index in [1.54, 1.807) is 6.20 Å². The molecule has 0 spiro atoms. The van der Waals surface area contributed by atoms with E-state index in [0.717, 1.165) is 12.0 Å². The van der Waals surface area contributed by atoms with Crippen LogP contribution in [0, 0.1) is 0 Å². The van der Waals surface area contributed by atoms with Gasteiger partial charge in [-0.2, -0.15) is 0 Å². The lowest BCUT2D eigenvalue weighted by Crippen LogP contribution is -2.55. The van der Waals surface area contributed by atoms with Gasteiger partial charge in [-0.05, 0) is 24.5 Å². The predicted molar refractivity (Wildman–Crippen MR) is 70.0 cm³/mol. The molecule has 1 aromatic rings. The number of nitrogens with zero attached hydrogens (tertiary/aromatic N) is 2. The zero-order valence-electron chi connectivity index (χ0n) is 10.8. The number of amides is 4. The van der Waals surface area contributed by atoms with Crippen molar-refractivity contribution in [2.75, 3.05) is 11.4 Å². The maximum atomic E-state index is 12.2. The molecular formula is C13H14N4O3. The van der Waals surface area contributed by atoms with E-state index in [-0.39, 0.29) is 18.4 Å². The number of anilines is 1. The lowest BCUT2D eigenvalue weighted by molar-refractivity contribution is -0.134. The Balaban J connectivity index is 1.69. The first-order valence-corrected chi connectivity index (χ1v) is 6.51. The summed E-state index contributed by atoms with van der Waals surface area (Å²) in [6.07, 6.45) is 2.97. The Bertz CT molecular complexity index is 587. The van der Waals surface area contributed by atoms with Crippen LogP contribution in [0.4, 0.5) is 10.6 Å². The van der Waals surface area contributed by atoms with Crippen LogP contribution < -0.4 is 15.5 Å². The summed E-state index contributed by atoms with van der Waals surface area (Å²) in [5.74, 6) is -0.110. The van der Waals surface area contributed by atoms with E-state index in [4.69, 9.17) is 0 Å². The molecule has 1 atom stereocenters. The molecule has 0 radical (unpaired) electrons. The fourth-order valence-corrected chi connectivity index (χ4v) is 2.46. The van der Waals surface area contributed by atoms with Crippen LogP contribution in [-0.4, -0.2) is 35.4 Å². The third-order valence-electron chi connectivity index (χ3n) is 3.51. The van der Waals surface area contributed by atoms with Gasteiger partial charge in [-0.15, -0.1) is 0 Å². The average Bonchev–Trinajstić information content (AvgIpc) is 2.86. The van der Waals surface area contributed by atoms with Crippen LogP contribution in [0.5, 0.6) is 0 Å². The molecule has 0 aromatic carbocycles. The minimum atomic E-state index is -0.659. The van der Waals surface area contributed by atoms with Gasteiger partial charge in [0.1, 0.15) is 11.9 Å². The normalized spacial score (nSPS) is 21.4. The molecule has 0 bridgehead atoms. The maximum absolute atomic E-state index is 12.2. The lowest BCUT2D eigenvalue weighted by Gasteiger charge is -2.24. The minimum absolute atomic E-state index is 0.242. The number of piperidine rings is 1. The number of hydrogen-bond acceptors (Lipinski definition) is 4. The molecule has 104 valence electrons. The average molecular weight is 274 g/mol. The largest absolute Gasteiger partial charge is 0.326 e. The first-order valence-electron chi connectivity index (χ1n) is 6.51. The Morgan fingerprint density at radius 1 is 1.40 bits per heavy atom. The standard InChI is InChI=1S/C13H14N4O3/c18-10-4-3-9(12(19)16-10)15-13(20)17-7-5-8-2-1-6-14-11(8)17/h1-2,6,9H,3-5,7H2,(H,15,20)(H,16,18,19). The van der Waals surface area contributed by atoms with Crippen molar-refractivity contribution in [3.63, 3.8) is 0 Å². The van der Waals surface area contributed by atoms with Crippen molar-refractivity contribution in [2.45, 2.75) is 25.3 Å². The molecule has 0 saturated carbocycles. The van der Waals surface area contributed by atoms with E-state index >= 15 is 0 Å². The Labute approximate surface area is 115 Å². The molecule has 7 heteroatoms. The van der Waals surface area contributed by atoms with Crippen molar-refractivity contribution in [3.05, 3.63) is 23.9 Å². The molecule has 1 aromatic heterocycles. The number of carbonyl (C=O) groups excluding carboxylic acids is 3. The molecular weight excluding hydrogens is 260 g/mol. The summed E-state index contributed by atoms with van der Waals surface area (Å²) in [6, 6.07) is 2.76. The third-order valence-corrected chi connectivity index (χ3v) is 3.51. The quantitative estimate of drug-likeness (QED) is 0.703. The van der Waals surface area contributed by atoms with Crippen LogP contribution in [0.25, 0.3) is 0 Å². The molecule has 7 nitrogen and oxygen atoms in total. The van der Waals surface area contributed by atoms with Gasteiger partial charge in [-0.1, -0.05) is 6.07 Å². The zero-order chi connectivity index (χ0) is 14.1. The van der Waals surface area contributed by atoms with Crippen molar-refractivity contribution >= 4 is 23.7 Å². The van der Waals surface area contributed by atoms with Crippen molar-refractivity contribution < 1.29 is 14.4 Å². The molecule has 0 aliphatic carbocycles. The smallest absolute Gasteiger partial charge is 0.323 e. The number of pyridine rings is 1. The second kappa shape index (κ2) is 4.92. The van der Waals surface area contributed by atoms with E-state index in [1.165, 1.54) is 4.90 Å². The number of urea groups is 1. The maximum Gasteiger partial charge on any atom is 0.323 e. The zero-order valence-corrected chi connectivity index (χ0v) is 10.8. The summed E-state index contributed by atoms with van der Waals surface area (Å²) < 4.78 is 0. The van der Waals surface area contributed by atoms with E-state index < -0.39 is 11.9 Å². The lowest BCUT2D eigenvalue weighted by atomic mass is 10.1. The molecule has 20 heavy (non-hydrogen) atoms. The summed E-state index contributed by atoms with van der Waals surface area (Å²) >= 11 is 0. The third kappa shape index (κ3) is 2.22. The highest BCUT2D eigenvalue weighted by atomic mass is 16.2. The predicted octanol–water partition coefficient (Wildman–Crippen LogP) is -0.0411. The Morgan fingerprint density at radius 2 is 2.25 bits per heavy atom.